The van der Waals surface area contributed by atoms with E-state index in [-0.39, 0.29) is 35.0 Å². The first-order valence-electron chi connectivity index (χ1n) is 6.84. The molecule has 0 aromatic heterocycles. The van der Waals surface area contributed by atoms with Crippen molar-refractivity contribution >= 4 is 5.97 Å². The number of esters is 1. The van der Waals surface area contributed by atoms with E-state index in [9.17, 15) is 19.6 Å². The third kappa shape index (κ3) is 2.97. The Hall–Kier alpha value is -3.01. The molecule has 0 amide bonds. The van der Waals surface area contributed by atoms with E-state index in [4.69, 9.17) is 15.2 Å². The second-order valence-corrected chi connectivity index (χ2v) is 4.83. The summed E-state index contributed by atoms with van der Waals surface area (Å²) in [6, 6.07) is 5.48. The van der Waals surface area contributed by atoms with Gasteiger partial charge in [-0.2, -0.15) is 5.26 Å². The quantitative estimate of drug-likeness (QED) is 0.827. The first-order chi connectivity index (χ1) is 10.9. The molecule has 23 heavy (non-hydrogen) atoms. The van der Waals surface area contributed by atoms with Gasteiger partial charge in [-0.3, -0.25) is 0 Å². The van der Waals surface area contributed by atoms with Crippen molar-refractivity contribution in [3.8, 4) is 11.8 Å². The van der Waals surface area contributed by atoms with Crippen LogP contribution in [0, 0.1) is 17.1 Å². The lowest BCUT2D eigenvalue weighted by atomic mass is 9.83. The smallest absolute Gasteiger partial charge is 0.338 e. The zero-order chi connectivity index (χ0) is 17.1. The fraction of sp³-hybridized carbons (Fsp3) is 0.250. The highest BCUT2D eigenvalue weighted by molar-refractivity contribution is 5.92. The summed E-state index contributed by atoms with van der Waals surface area (Å²) in [5.74, 6) is -2.98. The molecule has 7 heteroatoms. The van der Waals surface area contributed by atoms with Crippen LogP contribution in [0.3, 0.4) is 0 Å². The molecular weight excluding hydrogens is 303 g/mol. The Labute approximate surface area is 132 Å². The Bertz CT molecular complexity index is 762. The van der Waals surface area contributed by atoms with Gasteiger partial charge in [0.25, 0.3) is 0 Å². The normalized spacial score (nSPS) is 17.6. The van der Waals surface area contributed by atoms with Crippen LogP contribution in [0.1, 0.15) is 25.3 Å². The van der Waals surface area contributed by atoms with Gasteiger partial charge in [0.1, 0.15) is 17.4 Å². The highest BCUT2D eigenvalue weighted by Gasteiger charge is 2.36. The number of nitrogens with zero attached hydrogens (tertiary/aromatic N) is 1. The molecule has 0 bridgehead atoms. The number of nitrogens with two attached hydrogens (primary N) is 1. The van der Waals surface area contributed by atoms with Gasteiger partial charge in [-0.1, -0.05) is 6.07 Å². The Balaban J connectivity index is 2.64. The van der Waals surface area contributed by atoms with Crippen molar-refractivity contribution in [1.82, 2.24) is 0 Å². The van der Waals surface area contributed by atoms with Gasteiger partial charge in [0, 0.05) is 0 Å². The molecule has 3 N–H and O–H groups in total. The number of carbonyl (C=O) groups excluding carboxylic acids is 1. The van der Waals surface area contributed by atoms with Crippen LogP contribution < -0.4 is 5.73 Å². The monoisotopic (exact) mass is 318 g/mol. The second kappa shape index (κ2) is 6.40. The van der Waals surface area contributed by atoms with Gasteiger partial charge in [0.2, 0.25) is 5.88 Å². The van der Waals surface area contributed by atoms with E-state index in [0.717, 1.165) is 12.1 Å². The second-order valence-electron chi connectivity index (χ2n) is 4.83. The van der Waals surface area contributed by atoms with Gasteiger partial charge in [0.15, 0.2) is 11.6 Å². The van der Waals surface area contributed by atoms with Crippen LogP contribution >= 0.6 is 0 Å². The summed E-state index contributed by atoms with van der Waals surface area (Å²) in [5.41, 5.74) is 6.05. The van der Waals surface area contributed by atoms with Crippen molar-refractivity contribution in [1.29, 1.82) is 5.26 Å². The Kier molecular flexibility index (Phi) is 4.55. The summed E-state index contributed by atoms with van der Waals surface area (Å²) >= 11 is 0. The van der Waals surface area contributed by atoms with Crippen LogP contribution in [-0.2, 0) is 14.3 Å². The molecule has 1 heterocycles. The van der Waals surface area contributed by atoms with Gasteiger partial charge < -0.3 is 20.3 Å². The number of nitriles is 1. The van der Waals surface area contributed by atoms with Crippen molar-refractivity contribution in [2.75, 3.05) is 6.61 Å². The van der Waals surface area contributed by atoms with E-state index in [2.05, 4.69) is 0 Å². The Morgan fingerprint density at radius 2 is 2.26 bits per heavy atom. The molecule has 1 aliphatic rings. The number of carbonyl (C=O) groups is 1. The van der Waals surface area contributed by atoms with E-state index < -0.39 is 23.5 Å². The molecule has 120 valence electrons. The van der Waals surface area contributed by atoms with Crippen molar-refractivity contribution in [3.05, 3.63) is 52.4 Å². The molecule has 0 spiro atoms. The molecule has 0 radical (unpaired) electrons. The lowest BCUT2D eigenvalue weighted by Crippen LogP contribution is -2.25. The average Bonchev–Trinajstić information content (AvgIpc) is 2.49. The van der Waals surface area contributed by atoms with Crippen LogP contribution in [0.4, 0.5) is 4.39 Å². The minimum atomic E-state index is -0.928. The number of benzene rings is 1. The fourth-order valence-electron chi connectivity index (χ4n) is 2.39. The topological polar surface area (TPSA) is 106 Å². The molecule has 0 aliphatic carbocycles. The minimum Gasteiger partial charge on any atom is -0.505 e. The van der Waals surface area contributed by atoms with Crippen molar-refractivity contribution in [3.63, 3.8) is 0 Å². The Morgan fingerprint density at radius 3 is 2.83 bits per heavy atom. The molecule has 0 saturated carbocycles. The van der Waals surface area contributed by atoms with Crippen molar-refractivity contribution < 1.29 is 23.8 Å². The molecule has 1 aromatic carbocycles. The van der Waals surface area contributed by atoms with Gasteiger partial charge >= 0.3 is 5.97 Å². The number of phenolic OH excluding ortho intramolecular Hbond substituents is 1. The zero-order valence-corrected chi connectivity index (χ0v) is 12.6. The number of ether oxygens (including phenoxy) is 2. The Morgan fingerprint density at radius 1 is 1.57 bits per heavy atom. The molecule has 0 saturated heterocycles. The number of allylic oxidation sites excluding steroid dienone is 2. The van der Waals surface area contributed by atoms with Crippen LogP contribution in [0.25, 0.3) is 0 Å². The molecule has 2 rings (SSSR count). The standard InChI is InChI=1S/C16H15FN2O4/c1-3-22-16(21)13-8(2)23-15(19)10(7-18)14(13)9-4-5-12(20)11(17)6-9/h4-6,14,20H,3,19H2,1-2H3. The molecule has 1 unspecified atom stereocenters. The van der Waals surface area contributed by atoms with Gasteiger partial charge in [-0.15, -0.1) is 0 Å². The number of hydrogen-bond donors (Lipinski definition) is 2. The highest BCUT2D eigenvalue weighted by atomic mass is 19.1. The summed E-state index contributed by atoms with van der Waals surface area (Å²) in [5, 5.41) is 18.7. The molecule has 0 fully saturated rings. The average molecular weight is 318 g/mol. The largest absolute Gasteiger partial charge is 0.505 e. The maximum Gasteiger partial charge on any atom is 0.338 e. The van der Waals surface area contributed by atoms with Crippen LogP contribution in [0.5, 0.6) is 5.75 Å². The third-order valence-electron chi connectivity index (χ3n) is 3.41. The van der Waals surface area contributed by atoms with Gasteiger partial charge in [-0.25, -0.2) is 9.18 Å². The predicted molar refractivity (Wildman–Crippen MR) is 78.1 cm³/mol. The van der Waals surface area contributed by atoms with E-state index in [1.54, 1.807) is 6.92 Å². The lowest BCUT2D eigenvalue weighted by Gasteiger charge is -2.26. The lowest BCUT2D eigenvalue weighted by molar-refractivity contribution is -0.139. The van der Waals surface area contributed by atoms with Crippen LogP contribution in [0.15, 0.2) is 41.0 Å². The van der Waals surface area contributed by atoms with E-state index >= 15 is 0 Å². The van der Waals surface area contributed by atoms with E-state index in [1.807, 2.05) is 6.07 Å². The number of aromatic hydroxyl groups is 1. The number of rotatable bonds is 3. The number of halogens is 1. The summed E-state index contributed by atoms with van der Waals surface area (Å²) in [4.78, 5) is 12.2. The zero-order valence-electron chi connectivity index (χ0n) is 12.6. The molecule has 1 aromatic rings. The predicted octanol–water partition coefficient (Wildman–Crippen LogP) is 2.18. The van der Waals surface area contributed by atoms with E-state index in [0.29, 0.717) is 0 Å². The molecule has 6 nitrogen and oxygen atoms in total. The summed E-state index contributed by atoms with van der Waals surface area (Å²) in [6.45, 7) is 3.28. The summed E-state index contributed by atoms with van der Waals surface area (Å²) < 4.78 is 23.9. The SMILES string of the molecule is CCOC(=O)C1=C(C)OC(N)=C(C#N)C1c1ccc(O)c(F)c1. The number of phenols is 1. The van der Waals surface area contributed by atoms with Crippen LogP contribution in [0.2, 0.25) is 0 Å². The first kappa shape index (κ1) is 16.4. The van der Waals surface area contributed by atoms with Gasteiger partial charge in [0.05, 0.1) is 18.1 Å². The maximum absolute atomic E-state index is 13.7. The molecule has 1 aliphatic heterocycles. The van der Waals surface area contributed by atoms with Crippen molar-refractivity contribution in [2.45, 2.75) is 19.8 Å². The third-order valence-corrected chi connectivity index (χ3v) is 3.41. The molecule has 1 atom stereocenters. The summed E-state index contributed by atoms with van der Waals surface area (Å²) in [6.07, 6.45) is 0. The van der Waals surface area contributed by atoms with Crippen LogP contribution in [-0.4, -0.2) is 17.7 Å². The summed E-state index contributed by atoms with van der Waals surface area (Å²) in [7, 11) is 0. The number of hydrogen-bond acceptors (Lipinski definition) is 6. The fourth-order valence-corrected chi connectivity index (χ4v) is 2.39. The minimum absolute atomic E-state index is 0.0243. The van der Waals surface area contributed by atoms with E-state index in [1.165, 1.54) is 13.0 Å². The van der Waals surface area contributed by atoms with Crippen molar-refractivity contribution in [2.24, 2.45) is 5.73 Å². The maximum atomic E-state index is 13.7. The highest BCUT2D eigenvalue weighted by Crippen LogP contribution is 2.40. The first-order valence-corrected chi connectivity index (χ1v) is 6.84. The van der Waals surface area contributed by atoms with Gasteiger partial charge in [-0.05, 0) is 31.5 Å². The molecular formula is C16H15FN2O4.